The SMILES string of the molecule is CCNC(=NCC1(O)CCOCC1)NCC(CC)Oc1cccc(C(F)(F)F)c1.I. The first-order valence-electron chi connectivity index (χ1n) is 9.92. The van der Waals surface area contributed by atoms with E-state index < -0.39 is 17.3 Å². The van der Waals surface area contributed by atoms with Crippen molar-refractivity contribution in [3.05, 3.63) is 29.8 Å². The zero-order valence-corrected chi connectivity index (χ0v) is 19.6. The summed E-state index contributed by atoms with van der Waals surface area (Å²) in [5, 5.41) is 16.8. The standard InChI is InChI=1S/C20H30F3N3O3.HI/c1-3-16(29-17-7-5-6-15(12-17)20(21,22)23)13-25-18(24-4-2)26-14-19(27)8-10-28-11-9-19;/h5-7,12,16,27H,3-4,8-11,13-14H2,1-2H3,(H2,24,25,26);1H. The maximum Gasteiger partial charge on any atom is 0.416 e. The number of nitrogens with one attached hydrogen (secondary N) is 2. The van der Waals surface area contributed by atoms with E-state index in [2.05, 4.69) is 15.6 Å². The maximum absolute atomic E-state index is 12.9. The number of alkyl halides is 3. The summed E-state index contributed by atoms with van der Waals surface area (Å²) in [6, 6.07) is 4.86. The van der Waals surface area contributed by atoms with E-state index in [-0.39, 0.29) is 42.4 Å². The summed E-state index contributed by atoms with van der Waals surface area (Å²) in [7, 11) is 0. The molecule has 3 N–H and O–H groups in total. The van der Waals surface area contributed by atoms with Gasteiger partial charge in [-0.2, -0.15) is 13.2 Å². The van der Waals surface area contributed by atoms with Crippen LogP contribution in [0.5, 0.6) is 5.75 Å². The Bertz CT molecular complexity index is 668. The van der Waals surface area contributed by atoms with E-state index >= 15 is 0 Å². The van der Waals surface area contributed by atoms with Crippen LogP contribution in [0.3, 0.4) is 0 Å². The van der Waals surface area contributed by atoms with Crippen molar-refractivity contribution >= 4 is 29.9 Å². The molecule has 1 aliphatic rings. The molecule has 0 radical (unpaired) electrons. The topological polar surface area (TPSA) is 75.1 Å². The minimum Gasteiger partial charge on any atom is -0.489 e. The number of ether oxygens (including phenoxy) is 2. The minimum atomic E-state index is -4.41. The van der Waals surface area contributed by atoms with E-state index in [0.717, 1.165) is 12.1 Å². The van der Waals surface area contributed by atoms with Gasteiger partial charge < -0.3 is 25.2 Å². The van der Waals surface area contributed by atoms with E-state index in [1.54, 1.807) is 0 Å². The molecule has 0 bridgehead atoms. The average molecular weight is 545 g/mol. The number of aliphatic imine (C=N–C) groups is 1. The lowest BCUT2D eigenvalue weighted by molar-refractivity contribution is -0.137. The van der Waals surface area contributed by atoms with Crippen LogP contribution >= 0.6 is 24.0 Å². The molecule has 1 unspecified atom stereocenters. The van der Waals surface area contributed by atoms with Gasteiger partial charge in [-0.1, -0.05) is 13.0 Å². The normalized spacial score (nSPS) is 17.6. The second-order valence-electron chi connectivity index (χ2n) is 7.09. The second kappa shape index (κ2) is 12.6. The van der Waals surface area contributed by atoms with Gasteiger partial charge in [0, 0.05) is 32.6 Å². The zero-order chi connectivity index (χ0) is 21.3. The Balaban J connectivity index is 0.00000450. The molecular weight excluding hydrogens is 514 g/mol. The van der Waals surface area contributed by atoms with Gasteiger partial charge in [0.2, 0.25) is 0 Å². The van der Waals surface area contributed by atoms with Crippen molar-refractivity contribution in [3.8, 4) is 5.75 Å². The quantitative estimate of drug-likeness (QED) is 0.265. The maximum atomic E-state index is 12.9. The van der Waals surface area contributed by atoms with Crippen LogP contribution in [-0.4, -0.2) is 55.6 Å². The Morgan fingerprint density at radius 1 is 1.27 bits per heavy atom. The van der Waals surface area contributed by atoms with Crippen LogP contribution in [0, 0.1) is 0 Å². The van der Waals surface area contributed by atoms with Gasteiger partial charge in [-0.3, -0.25) is 4.99 Å². The molecule has 0 spiro atoms. The Hall–Kier alpha value is -1.27. The zero-order valence-electron chi connectivity index (χ0n) is 17.3. The Kier molecular flexibility index (Phi) is 11.2. The largest absolute Gasteiger partial charge is 0.489 e. The van der Waals surface area contributed by atoms with Crippen molar-refractivity contribution in [2.45, 2.75) is 51.0 Å². The summed E-state index contributed by atoms with van der Waals surface area (Å²) in [5.41, 5.74) is -1.61. The lowest BCUT2D eigenvalue weighted by atomic mass is 9.95. The van der Waals surface area contributed by atoms with Crippen molar-refractivity contribution in [2.24, 2.45) is 4.99 Å². The van der Waals surface area contributed by atoms with Gasteiger partial charge >= 0.3 is 6.18 Å². The summed E-state index contributed by atoms with van der Waals surface area (Å²) in [5.74, 6) is 0.699. The predicted octanol–water partition coefficient (Wildman–Crippen LogP) is 3.58. The molecule has 0 saturated carbocycles. The third-order valence-electron chi connectivity index (χ3n) is 4.72. The molecular formula is C20H31F3IN3O3. The number of nitrogens with zero attached hydrogens (tertiary/aromatic N) is 1. The third kappa shape index (κ3) is 8.84. The van der Waals surface area contributed by atoms with Crippen molar-refractivity contribution in [3.63, 3.8) is 0 Å². The number of hydrogen-bond acceptors (Lipinski definition) is 4. The summed E-state index contributed by atoms with van der Waals surface area (Å²) < 4.78 is 49.6. The van der Waals surface area contributed by atoms with Crippen LogP contribution in [-0.2, 0) is 10.9 Å². The van der Waals surface area contributed by atoms with Crippen LogP contribution in [0.2, 0.25) is 0 Å². The first-order chi connectivity index (χ1) is 13.8. The predicted molar refractivity (Wildman–Crippen MR) is 121 cm³/mol. The smallest absolute Gasteiger partial charge is 0.416 e. The number of benzene rings is 1. The van der Waals surface area contributed by atoms with E-state index in [1.165, 1.54) is 12.1 Å². The van der Waals surface area contributed by atoms with Gasteiger partial charge in [0.25, 0.3) is 0 Å². The summed E-state index contributed by atoms with van der Waals surface area (Å²) >= 11 is 0. The third-order valence-corrected chi connectivity index (χ3v) is 4.72. The minimum absolute atomic E-state index is 0. The Morgan fingerprint density at radius 3 is 2.57 bits per heavy atom. The summed E-state index contributed by atoms with van der Waals surface area (Å²) in [4.78, 5) is 4.45. The molecule has 0 aromatic heterocycles. The van der Waals surface area contributed by atoms with Gasteiger partial charge in [-0.15, -0.1) is 24.0 Å². The number of guanidine groups is 1. The van der Waals surface area contributed by atoms with Crippen molar-refractivity contribution in [1.82, 2.24) is 10.6 Å². The van der Waals surface area contributed by atoms with Crippen molar-refractivity contribution in [1.29, 1.82) is 0 Å². The van der Waals surface area contributed by atoms with Crippen LogP contribution in [0.15, 0.2) is 29.3 Å². The van der Waals surface area contributed by atoms with Crippen LogP contribution in [0.25, 0.3) is 0 Å². The molecule has 172 valence electrons. The lowest BCUT2D eigenvalue weighted by Crippen LogP contribution is -2.45. The van der Waals surface area contributed by atoms with Gasteiger partial charge in [0.15, 0.2) is 5.96 Å². The first kappa shape index (κ1) is 26.8. The molecule has 1 aromatic rings. The number of halogens is 4. The van der Waals surface area contributed by atoms with E-state index in [1.807, 2.05) is 13.8 Å². The number of aliphatic hydroxyl groups is 1. The number of hydrogen-bond donors (Lipinski definition) is 3. The highest BCUT2D eigenvalue weighted by atomic mass is 127. The van der Waals surface area contributed by atoms with E-state index in [9.17, 15) is 18.3 Å². The van der Waals surface area contributed by atoms with Crippen LogP contribution in [0.1, 0.15) is 38.7 Å². The molecule has 30 heavy (non-hydrogen) atoms. The van der Waals surface area contributed by atoms with Gasteiger partial charge in [-0.25, -0.2) is 0 Å². The fraction of sp³-hybridized carbons (Fsp3) is 0.650. The summed E-state index contributed by atoms with van der Waals surface area (Å²) in [6.45, 7) is 6.10. The van der Waals surface area contributed by atoms with Crippen molar-refractivity contribution in [2.75, 3.05) is 32.8 Å². The Labute approximate surface area is 192 Å². The molecule has 1 saturated heterocycles. The average Bonchev–Trinajstić information content (AvgIpc) is 2.69. The fourth-order valence-electron chi connectivity index (χ4n) is 2.90. The van der Waals surface area contributed by atoms with Crippen LogP contribution in [0.4, 0.5) is 13.2 Å². The van der Waals surface area contributed by atoms with Crippen LogP contribution < -0.4 is 15.4 Å². The second-order valence-corrected chi connectivity index (χ2v) is 7.09. The molecule has 1 fully saturated rings. The summed E-state index contributed by atoms with van der Waals surface area (Å²) in [6.07, 6.45) is -3.08. The Morgan fingerprint density at radius 2 is 1.97 bits per heavy atom. The molecule has 10 heteroatoms. The molecule has 1 atom stereocenters. The van der Waals surface area contributed by atoms with Crippen molar-refractivity contribution < 1.29 is 27.8 Å². The monoisotopic (exact) mass is 545 g/mol. The molecule has 1 aromatic carbocycles. The molecule has 0 amide bonds. The highest BCUT2D eigenvalue weighted by Gasteiger charge is 2.31. The van der Waals surface area contributed by atoms with Gasteiger partial charge in [0.05, 0.1) is 24.3 Å². The molecule has 0 aliphatic carbocycles. The number of rotatable bonds is 8. The lowest BCUT2D eigenvalue weighted by Gasteiger charge is -2.30. The van der Waals surface area contributed by atoms with E-state index in [0.29, 0.717) is 51.5 Å². The van der Waals surface area contributed by atoms with E-state index in [4.69, 9.17) is 9.47 Å². The fourth-order valence-corrected chi connectivity index (χ4v) is 2.90. The van der Waals surface area contributed by atoms with Gasteiger partial charge in [0.1, 0.15) is 11.9 Å². The molecule has 1 aliphatic heterocycles. The molecule has 6 nitrogen and oxygen atoms in total. The van der Waals surface area contributed by atoms with Gasteiger partial charge in [-0.05, 0) is 31.5 Å². The molecule has 1 heterocycles. The molecule has 2 rings (SSSR count). The highest BCUT2D eigenvalue weighted by molar-refractivity contribution is 14.0. The highest BCUT2D eigenvalue weighted by Crippen LogP contribution is 2.31. The first-order valence-corrected chi connectivity index (χ1v) is 9.92.